The van der Waals surface area contributed by atoms with Crippen LogP contribution in [0.1, 0.15) is 5.69 Å². The third-order valence-corrected chi connectivity index (χ3v) is 4.89. The molecule has 0 spiro atoms. The van der Waals surface area contributed by atoms with Gasteiger partial charge in [-0.05, 0) is 49.0 Å². The predicted octanol–water partition coefficient (Wildman–Crippen LogP) is 5.32. The largest absolute Gasteiger partial charge is 0.323 e. The van der Waals surface area contributed by atoms with Crippen molar-refractivity contribution in [3.05, 3.63) is 64.8 Å². The zero-order valence-electron chi connectivity index (χ0n) is 13.3. The van der Waals surface area contributed by atoms with Gasteiger partial charge >= 0.3 is 0 Å². The molecule has 124 valence electrons. The van der Waals surface area contributed by atoms with Crippen molar-refractivity contribution in [2.24, 2.45) is 0 Å². The van der Waals surface area contributed by atoms with Gasteiger partial charge in [-0.2, -0.15) is 5.10 Å². The average molecular weight is 412 g/mol. The van der Waals surface area contributed by atoms with E-state index in [1.165, 1.54) is 11.8 Å². The van der Waals surface area contributed by atoms with Crippen LogP contribution in [-0.2, 0) is 0 Å². The van der Waals surface area contributed by atoms with E-state index in [0.29, 0.717) is 5.16 Å². The van der Waals surface area contributed by atoms with Crippen LogP contribution in [0.4, 0.5) is 11.6 Å². The molecule has 0 atom stereocenters. The van der Waals surface area contributed by atoms with E-state index in [9.17, 15) is 0 Å². The minimum Gasteiger partial charge on any atom is -0.323 e. The predicted molar refractivity (Wildman–Crippen MR) is 104 cm³/mol. The highest BCUT2D eigenvalue weighted by Crippen LogP contribution is 2.31. The molecule has 2 heterocycles. The van der Waals surface area contributed by atoms with Crippen LogP contribution < -0.4 is 5.32 Å². The van der Waals surface area contributed by atoms with E-state index >= 15 is 0 Å². The molecule has 4 rings (SSSR count). The lowest BCUT2D eigenvalue weighted by Crippen LogP contribution is -1.98. The fraction of sp³-hybridized carbons (Fsp3) is 0.0556. The summed E-state index contributed by atoms with van der Waals surface area (Å²) in [6.45, 7) is 1.96. The second-order valence-electron chi connectivity index (χ2n) is 5.49. The first-order valence-corrected chi connectivity index (χ1v) is 9.27. The molecule has 2 aromatic heterocycles. The smallest absolute Gasteiger partial charge is 0.195 e. The van der Waals surface area contributed by atoms with Gasteiger partial charge in [-0.25, -0.2) is 9.97 Å². The van der Waals surface area contributed by atoms with Gasteiger partial charge in [0.15, 0.2) is 11.0 Å². The molecular formula is C18H14BrN5S. The average Bonchev–Trinajstić information content (AvgIpc) is 3.00. The summed E-state index contributed by atoms with van der Waals surface area (Å²) in [5.41, 5.74) is 1.88. The Bertz CT molecular complexity index is 1050. The molecule has 0 saturated heterocycles. The van der Waals surface area contributed by atoms with Crippen LogP contribution in [0.15, 0.2) is 69.1 Å². The normalized spacial score (nSPS) is 11.0. The van der Waals surface area contributed by atoms with Gasteiger partial charge in [0, 0.05) is 26.5 Å². The lowest BCUT2D eigenvalue weighted by molar-refractivity contribution is 1.00. The van der Waals surface area contributed by atoms with Gasteiger partial charge in [0.2, 0.25) is 0 Å². The minimum atomic E-state index is 0.687. The molecule has 25 heavy (non-hydrogen) atoms. The molecule has 0 aliphatic carbocycles. The number of anilines is 2. The van der Waals surface area contributed by atoms with Crippen LogP contribution in [0.3, 0.4) is 0 Å². The van der Waals surface area contributed by atoms with Crippen molar-refractivity contribution in [1.29, 1.82) is 0 Å². The number of nitrogens with zero attached hydrogens (tertiary/aromatic N) is 3. The van der Waals surface area contributed by atoms with E-state index in [1.54, 1.807) is 0 Å². The Hall–Kier alpha value is -2.38. The molecule has 0 aliphatic heterocycles. The number of aromatic nitrogens is 4. The maximum Gasteiger partial charge on any atom is 0.195 e. The molecular weight excluding hydrogens is 398 g/mol. The van der Waals surface area contributed by atoms with Crippen molar-refractivity contribution in [3.8, 4) is 0 Å². The van der Waals surface area contributed by atoms with Crippen molar-refractivity contribution < 1.29 is 0 Å². The van der Waals surface area contributed by atoms with Crippen LogP contribution in [0, 0.1) is 6.92 Å². The van der Waals surface area contributed by atoms with Crippen LogP contribution in [0.5, 0.6) is 0 Å². The zero-order valence-corrected chi connectivity index (χ0v) is 15.7. The van der Waals surface area contributed by atoms with E-state index in [0.717, 1.165) is 37.6 Å². The number of halogens is 1. The number of rotatable bonds is 4. The quantitative estimate of drug-likeness (QED) is 0.444. The summed E-state index contributed by atoms with van der Waals surface area (Å²) in [5, 5.41) is 12.1. The Labute approximate surface area is 157 Å². The molecule has 0 radical (unpaired) electrons. The summed E-state index contributed by atoms with van der Waals surface area (Å²) >= 11 is 5.02. The van der Waals surface area contributed by atoms with Gasteiger partial charge in [-0.15, -0.1) is 0 Å². The second kappa shape index (κ2) is 6.85. The number of aromatic amines is 1. The number of fused-ring (bicyclic) bond motifs is 1. The molecule has 4 aromatic rings. The SMILES string of the molecule is Cc1cc(Nc2nc(Sc3cccc(Br)c3)nc3ccccc23)n[nH]1. The van der Waals surface area contributed by atoms with E-state index < -0.39 is 0 Å². The number of hydrogen-bond donors (Lipinski definition) is 2. The maximum atomic E-state index is 4.70. The number of H-pyrrole nitrogens is 1. The van der Waals surface area contributed by atoms with Crippen molar-refractivity contribution in [2.75, 3.05) is 5.32 Å². The fourth-order valence-corrected chi connectivity index (χ4v) is 3.81. The first kappa shape index (κ1) is 16.1. The van der Waals surface area contributed by atoms with Crippen LogP contribution in [-0.4, -0.2) is 20.2 Å². The third kappa shape index (κ3) is 3.67. The molecule has 0 unspecified atom stereocenters. The molecule has 0 aliphatic rings. The monoisotopic (exact) mass is 411 g/mol. The van der Waals surface area contributed by atoms with Gasteiger partial charge < -0.3 is 5.32 Å². The van der Waals surface area contributed by atoms with Crippen molar-refractivity contribution in [1.82, 2.24) is 20.2 Å². The molecule has 2 N–H and O–H groups in total. The van der Waals surface area contributed by atoms with Crippen LogP contribution in [0.25, 0.3) is 10.9 Å². The lowest BCUT2D eigenvalue weighted by atomic mass is 10.2. The standard InChI is InChI=1S/C18H14BrN5S/c1-11-9-16(24-23-11)21-17-14-7-2-3-8-15(14)20-18(22-17)25-13-6-4-5-12(19)10-13/h2-10H,1H3,(H2,20,21,22,23,24). The fourth-order valence-electron chi connectivity index (χ4n) is 2.44. The first-order valence-electron chi connectivity index (χ1n) is 7.66. The van der Waals surface area contributed by atoms with Gasteiger partial charge in [0.25, 0.3) is 0 Å². The van der Waals surface area contributed by atoms with E-state index in [1.807, 2.05) is 61.5 Å². The highest BCUT2D eigenvalue weighted by atomic mass is 79.9. The minimum absolute atomic E-state index is 0.687. The number of aryl methyl sites for hydroxylation is 1. The van der Waals surface area contributed by atoms with Crippen LogP contribution in [0.2, 0.25) is 0 Å². The summed E-state index contributed by atoms with van der Waals surface area (Å²) < 4.78 is 1.03. The highest BCUT2D eigenvalue weighted by Gasteiger charge is 2.10. The van der Waals surface area contributed by atoms with Crippen molar-refractivity contribution in [2.45, 2.75) is 17.0 Å². The Balaban J connectivity index is 1.75. The molecule has 0 amide bonds. The maximum absolute atomic E-state index is 4.70. The first-order chi connectivity index (χ1) is 12.2. The Morgan fingerprint density at radius 2 is 1.92 bits per heavy atom. The summed E-state index contributed by atoms with van der Waals surface area (Å²) in [4.78, 5) is 10.5. The number of nitrogens with one attached hydrogen (secondary N) is 2. The Morgan fingerprint density at radius 3 is 2.72 bits per heavy atom. The molecule has 0 saturated carbocycles. The third-order valence-electron chi connectivity index (χ3n) is 3.54. The molecule has 7 heteroatoms. The number of para-hydroxylation sites is 1. The summed E-state index contributed by atoms with van der Waals surface area (Å²) in [7, 11) is 0. The van der Waals surface area contributed by atoms with Crippen molar-refractivity contribution in [3.63, 3.8) is 0 Å². The summed E-state index contributed by atoms with van der Waals surface area (Å²) in [5.74, 6) is 1.48. The second-order valence-corrected chi connectivity index (χ2v) is 7.45. The number of benzene rings is 2. The van der Waals surface area contributed by atoms with Crippen LogP contribution >= 0.6 is 27.7 Å². The Morgan fingerprint density at radius 1 is 1.04 bits per heavy atom. The topological polar surface area (TPSA) is 66.5 Å². The molecule has 0 fully saturated rings. The number of hydrogen-bond acceptors (Lipinski definition) is 5. The van der Waals surface area contributed by atoms with Gasteiger partial charge in [0.1, 0.15) is 5.82 Å². The van der Waals surface area contributed by atoms with Crippen molar-refractivity contribution >= 4 is 50.2 Å². The van der Waals surface area contributed by atoms with E-state index in [2.05, 4.69) is 36.4 Å². The molecule has 5 nitrogen and oxygen atoms in total. The zero-order chi connectivity index (χ0) is 17.2. The lowest BCUT2D eigenvalue weighted by Gasteiger charge is -2.09. The van der Waals surface area contributed by atoms with Gasteiger partial charge in [-0.1, -0.05) is 34.1 Å². The van der Waals surface area contributed by atoms with E-state index in [-0.39, 0.29) is 0 Å². The van der Waals surface area contributed by atoms with Gasteiger partial charge in [0.05, 0.1) is 5.52 Å². The molecule has 2 aromatic carbocycles. The summed E-state index contributed by atoms with van der Waals surface area (Å²) in [6.07, 6.45) is 0. The summed E-state index contributed by atoms with van der Waals surface area (Å²) in [6, 6.07) is 18.0. The Kier molecular flexibility index (Phi) is 4.42. The van der Waals surface area contributed by atoms with E-state index in [4.69, 9.17) is 4.98 Å². The molecule has 0 bridgehead atoms. The highest BCUT2D eigenvalue weighted by molar-refractivity contribution is 9.10. The van der Waals surface area contributed by atoms with Gasteiger partial charge in [-0.3, -0.25) is 5.10 Å².